The van der Waals surface area contributed by atoms with Gasteiger partial charge in [0.15, 0.2) is 5.69 Å². The van der Waals surface area contributed by atoms with Crippen molar-refractivity contribution in [1.29, 1.82) is 0 Å². The molecule has 9 nitrogen and oxygen atoms in total. The van der Waals surface area contributed by atoms with Gasteiger partial charge in [0.05, 0.1) is 24.6 Å². The minimum Gasteiger partial charge on any atom is -0.481 e. The van der Waals surface area contributed by atoms with Gasteiger partial charge in [0.2, 0.25) is 5.88 Å². The smallest absolute Gasteiger partial charge is 0.306 e. The minimum absolute atomic E-state index is 0.00201. The van der Waals surface area contributed by atoms with Crippen LogP contribution in [0.15, 0.2) is 12.1 Å². The molecule has 1 aromatic rings. The Morgan fingerprint density at radius 2 is 2.16 bits per heavy atom. The van der Waals surface area contributed by atoms with E-state index in [9.17, 15) is 25.1 Å². The molecule has 0 bridgehead atoms. The molecule has 0 amide bonds. The Labute approximate surface area is 107 Å². The van der Waals surface area contributed by atoms with E-state index in [4.69, 9.17) is 9.84 Å². The van der Waals surface area contributed by atoms with Crippen LogP contribution in [0.1, 0.15) is 18.2 Å². The summed E-state index contributed by atoms with van der Waals surface area (Å²) in [6.45, 7) is 0. The number of nitro groups is 1. The molecule has 0 spiro atoms. The third-order valence-corrected chi connectivity index (χ3v) is 2.31. The van der Waals surface area contributed by atoms with E-state index >= 15 is 0 Å². The molecule has 19 heavy (non-hydrogen) atoms. The summed E-state index contributed by atoms with van der Waals surface area (Å²) in [6.07, 6.45) is -4.28. The summed E-state index contributed by atoms with van der Waals surface area (Å²) >= 11 is 0. The first-order valence-corrected chi connectivity index (χ1v) is 5.14. The van der Waals surface area contributed by atoms with Crippen LogP contribution in [0.4, 0.5) is 5.69 Å². The number of aliphatic hydroxyl groups is 2. The first-order chi connectivity index (χ1) is 8.86. The predicted molar refractivity (Wildman–Crippen MR) is 60.7 cm³/mol. The number of carboxylic acid groups (broad SMARTS) is 1. The second-order valence-electron chi connectivity index (χ2n) is 3.63. The number of carboxylic acids is 1. The van der Waals surface area contributed by atoms with Crippen LogP contribution in [0.5, 0.6) is 5.88 Å². The van der Waals surface area contributed by atoms with Crippen LogP contribution in [0.25, 0.3) is 0 Å². The highest BCUT2D eigenvalue weighted by Crippen LogP contribution is 2.28. The summed E-state index contributed by atoms with van der Waals surface area (Å²) in [5, 5.41) is 38.5. The molecule has 0 radical (unpaired) electrons. The average molecular weight is 272 g/mol. The Balaban J connectivity index is 3.14. The highest BCUT2D eigenvalue weighted by molar-refractivity contribution is 5.67. The van der Waals surface area contributed by atoms with Crippen molar-refractivity contribution in [1.82, 2.24) is 4.98 Å². The van der Waals surface area contributed by atoms with E-state index in [0.29, 0.717) is 0 Å². The molecular weight excluding hydrogens is 260 g/mol. The van der Waals surface area contributed by atoms with E-state index in [0.717, 1.165) is 6.07 Å². The maximum atomic E-state index is 10.8. The van der Waals surface area contributed by atoms with Crippen molar-refractivity contribution in [2.75, 3.05) is 7.11 Å². The van der Waals surface area contributed by atoms with Crippen molar-refractivity contribution in [3.63, 3.8) is 0 Å². The first kappa shape index (κ1) is 14.8. The van der Waals surface area contributed by atoms with Crippen LogP contribution in [-0.4, -0.2) is 44.4 Å². The van der Waals surface area contributed by atoms with Gasteiger partial charge >= 0.3 is 5.97 Å². The fourth-order valence-corrected chi connectivity index (χ4v) is 1.41. The van der Waals surface area contributed by atoms with E-state index in [-0.39, 0.29) is 5.88 Å². The van der Waals surface area contributed by atoms with Gasteiger partial charge in [-0.15, -0.1) is 0 Å². The SMILES string of the molecule is COc1ccc([N+](=O)[O-])c(C(O)C(O)CC(=O)O)n1. The molecular formula is C10H12N2O7. The summed E-state index contributed by atoms with van der Waals surface area (Å²) in [4.78, 5) is 24.1. The van der Waals surface area contributed by atoms with Gasteiger partial charge in [0.25, 0.3) is 5.69 Å². The van der Waals surface area contributed by atoms with Crippen molar-refractivity contribution in [2.45, 2.75) is 18.6 Å². The lowest BCUT2D eigenvalue weighted by Gasteiger charge is -2.16. The fraction of sp³-hybridized carbons (Fsp3) is 0.400. The quantitative estimate of drug-likeness (QED) is 0.479. The third kappa shape index (κ3) is 3.60. The van der Waals surface area contributed by atoms with Crippen LogP contribution in [0.2, 0.25) is 0 Å². The van der Waals surface area contributed by atoms with Crippen molar-refractivity contribution >= 4 is 11.7 Å². The van der Waals surface area contributed by atoms with Gasteiger partial charge in [-0.05, 0) is 0 Å². The van der Waals surface area contributed by atoms with Crippen LogP contribution in [-0.2, 0) is 4.79 Å². The summed E-state index contributed by atoms with van der Waals surface area (Å²) in [7, 11) is 1.28. The number of methoxy groups -OCH3 is 1. The fourth-order valence-electron chi connectivity index (χ4n) is 1.41. The molecule has 0 saturated carbocycles. The molecule has 0 aromatic carbocycles. The summed E-state index contributed by atoms with van der Waals surface area (Å²) < 4.78 is 4.76. The minimum atomic E-state index is -1.80. The lowest BCUT2D eigenvalue weighted by atomic mass is 10.1. The molecule has 9 heteroatoms. The lowest BCUT2D eigenvalue weighted by Crippen LogP contribution is -2.23. The first-order valence-electron chi connectivity index (χ1n) is 5.14. The number of pyridine rings is 1. The second kappa shape index (κ2) is 6.07. The standard InChI is InChI=1S/C10H12N2O7/c1-19-7-3-2-5(12(17)18)9(11-7)10(16)6(13)4-8(14)15/h2-3,6,10,13,16H,4H2,1H3,(H,14,15). The Morgan fingerprint density at radius 1 is 1.53 bits per heavy atom. The van der Waals surface area contributed by atoms with Crippen molar-refractivity contribution < 1.29 is 29.8 Å². The molecule has 3 N–H and O–H groups in total. The molecule has 0 fully saturated rings. The zero-order chi connectivity index (χ0) is 14.6. The monoisotopic (exact) mass is 272 g/mol. The van der Waals surface area contributed by atoms with Crippen LogP contribution >= 0.6 is 0 Å². The summed E-state index contributed by atoms with van der Waals surface area (Å²) in [5.41, 5.74) is -0.976. The number of hydrogen-bond donors (Lipinski definition) is 3. The number of hydrogen-bond acceptors (Lipinski definition) is 7. The zero-order valence-corrected chi connectivity index (χ0v) is 9.89. The number of aromatic nitrogens is 1. The Hall–Kier alpha value is -2.26. The van der Waals surface area contributed by atoms with E-state index in [1.54, 1.807) is 0 Å². The molecule has 0 aliphatic rings. The van der Waals surface area contributed by atoms with Crippen LogP contribution in [0, 0.1) is 10.1 Å². The molecule has 0 aliphatic heterocycles. The Kier molecular flexibility index (Phi) is 4.73. The molecule has 104 valence electrons. The average Bonchev–Trinajstić information content (AvgIpc) is 2.36. The predicted octanol–water partition coefficient (Wildman–Crippen LogP) is -0.133. The molecule has 0 saturated heterocycles. The number of carbonyl (C=O) groups is 1. The summed E-state index contributed by atoms with van der Waals surface area (Å²) in [5.74, 6) is -1.35. The van der Waals surface area contributed by atoms with Gasteiger partial charge in [-0.2, -0.15) is 0 Å². The number of rotatable bonds is 6. The van der Waals surface area contributed by atoms with Gasteiger partial charge < -0.3 is 20.1 Å². The molecule has 1 heterocycles. The van der Waals surface area contributed by atoms with Crippen molar-refractivity contribution in [3.8, 4) is 5.88 Å². The Morgan fingerprint density at radius 3 is 2.63 bits per heavy atom. The molecule has 2 atom stereocenters. The topological polar surface area (TPSA) is 143 Å². The number of ether oxygens (including phenoxy) is 1. The zero-order valence-electron chi connectivity index (χ0n) is 9.89. The maximum absolute atomic E-state index is 10.8. The van der Waals surface area contributed by atoms with Gasteiger partial charge in [-0.1, -0.05) is 0 Å². The number of aliphatic carboxylic acids is 1. The number of aliphatic hydroxyl groups excluding tert-OH is 2. The van der Waals surface area contributed by atoms with Crippen LogP contribution < -0.4 is 4.74 Å². The van der Waals surface area contributed by atoms with E-state index < -0.39 is 40.9 Å². The van der Waals surface area contributed by atoms with E-state index in [2.05, 4.69) is 4.98 Å². The van der Waals surface area contributed by atoms with Gasteiger partial charge in [0, 0.05) is 12.1 Å². The largest absolute Gasteiger partial charge is 0.481 e. The Bertz CT molecular complexity index is 491. The summed E-state index contributed by atoms with van der Waals surface area (Å²) in [6, 6.07) is 2.27. The molecule has 0 aliphatic carbocycles. The number of nitrogens with zero attached hydrogens (tertiary/aromatic N) is 2. The highest BCUT2D eigenvalue weighted by Gasteiger charge is 2.29. The molecule has 1 aromatic heterocycles. The van der Waals surface area contributed by atoms with Crippen molar-refractivity contribution in [2.24, 2.45) is 0 Å². The van der Waals surface area contributed by atoms with E-state index in [1.165, 1.54) is 13.2 Å². The molecule has 2 unspecified atom stereocenters. The maximum Gasteiger partial charge on any atom is 0.306 e. The molecule has 1 rings (SSSR count). The lowest BCUT2D eigenvalue weighted by molar-refractivity contribution is -0.386. The van der Waals surface area contributed by atoms with Gasteiger partial charge in [-0.3, -0.25) is 14.9 Å². The van der Waals surface area contributed by atoms with Gasteiger partial charge in [-0.25, -0.2) is 4.98 Å². The second-order valence-corrected chi connectivity index (χ2v) is 3.63. The van der Waals surface area contributed by atoms with Gasteiger partial charge in [0.1, 0.15) is 6.10 Å². The van der Waals surface area contributed by atoms with Crippen molar-refractivity contribution in [3.05, 3.63) is 27.9 Å². The third-order valence-electron chi connectivity index (χ3n) is 2.31. The highest BCUT2D eigenvalue weighted by atomic mass is 16.6. The van der Waals surface area contributed by atoms with E-state index in [1.807, 2.05) is 0 Å². The normalized spacial score (nSPS) is 13.6. The van der Waals surface area contributed by atoms with Crippen LogP contribution in [0.3, 0.4) is 0 Å².